The van der Waals surface area contributed by atoms with Crippen LogP contribution in [0.2, 0.25) is 0 Å². The maximum atomic E-state index is 5.81. The highest BCUT2D eigenvalue weighted by Crippen LogP contribution is 2.31. The zero-order chi connectivity index (χ0) is 13.4. The lowest BCUT2D eigenvalue weighted by molar-refractivity contribution is 0.629. The average molecular weight is 279 g/mol. The van der Waals surface area contributed by atoms with Crippen LogP contribution in [0.25, 0.3) is 33.1 Å². The Bertz CT molecular complexity index is 834. The zero-order valence-electron chi connectivity index (χ0n) is 10.4. The van der Waals surface area contributed by atoms with Gasteiger partial charge in [-0.15, -0.1) is 11.3 Å². The predicted molar refractivity (Wildman–Crippen MR) is 78.3 cm³/mol. The molecule has 0 radical (unpaired) electrons. The molecule has 0 spiro atoms. The molecule has 0 bridgehead atoms. The highest BCUT2D eigenvalue weighted by atomic mass is 32.1. The summed E-state index contributed by atoms with van der Waals surface area (Å²) in [6.45, 7) is 0. The van der Waals surface area contributed by atoms with Crippen LogP contribution in [-0.4, -0.2) is 15.0 Å². The number of hydrogen-bond acceptors (Lipinski definition) is 5. The van der Waals surface area contributed by atoms with E-state index in [4.69, 9.17) is 4.42 Å². The third-order valence-corrected chi connectivity index (χ3v) is 3.83. The number of rotatable bonds is 2. The molecule has 0 fully saturated rings. The summed E-state index contributed by atoms with van der Waals surface area (Å²) in [5.41, 5.74) is 2.48. The van der Waals surface area contributed by atoms with E-state index in [1.807, 2.05) is 35.7 Å². The Morgan fingerprint density at radius 1 is 1.05 bits per heavy atom. The fourth-order valence-electron chi connectivity index (χ4n) is 2.02. The number of para-hydroxylation sites is 1. The van der Waals surface area contributed by atoms with Gasteiger partial charge in [-0.05, 0) is 12.1 Å². The minimum absolute atomic E-state index is 0.776. The Morgan fingerprint density at radius 3 is 2.85 bits per heavy atom. The highest BCUT2D eigenvalue weighted by molar-refractivity contribution is 7.13. The Balaban J connectivity index is 1.78. The van der Waals surface area contributed by atoms with E-state index in [-0.39, 0.29) is 0 Å². The second kappa shape index (κ2) is 4.54. The van der Waals surface area contributed by atoms with Crippen LogP contribution in [0, 0.1) is 0 Å². The fraction of sp³-hybridized carbons (Fsp3) is 0. The first-order valence-electron chi connectivity index (χ1n) is 6.11. The number of fused-ring (bicyclic) bond motifs is 1. The van der Waals surface area contributed by atoms with Gasteiger partial charge in [0.25, 0.3) is 0 Å². The number of nitrogens with zero attached hydrogens (tertiary/aromatic N) is 3. The number of benzene rings is 1. The van der Waals surface area contributed by atoms with Crippen molar-refractivity contribution in [3.63, 3.8) is 0 Å². The van der Waals surface area contributed by atoms with Gasteiger partial charge in [0.15, 0.2) is 5.76 Å². The van der Waals surface area contributed by atoms with Crippen LogP contribution in [0.1, 0.15) is 0 Å². The predicted octanol–water partition coefficient (Wildman–Crippen LogP) is 4.01. The van der Waals surface area contributed by atoms with Crippen LogP contribution in [0.3, 0.4) is 0 Å². The SMILES string of the molecule is c1ccc2oc(-c3csc(-c4cnccn4)n3)cc2c1. The van der Waals surface area contributed by atoms with E-state index in [2.05, 4.69) is 15.0 Å². The van der Waals surface area contributed by atoms with Gasteiger partial charge in [-0.25, -0.2) is 4.98 Å². The maximum Gasteiger partial charge on any atom is 0.154 e. The minimum atomic E-state index is 0.776. The topological polar surface area (TPSA) is 51.8 Å². The molecule has 0 saturated carbocycles. The van der Waals surface area contributed by atoms with Gasteiger partial charge in [0.05, 0.1) is 6.20 Å². The summed E-state index contributed by atoms with van der Waals surface area (Å²) in [5, 5.41) is 3.90. The largest absolute Gasteiger partial charge is 0.454 e. The summed E-state index contributed by atoms with van der Waals surface area (Å²) < 4.78 is 5.81. The molecular formula is C15H9N3OS. The molecule has 0 N–H and O–H groups in total. The van der Waals surface area contributed by atoms with Gasteiger partial charge < -0.3 is 4.42 Å². The Kier molecular flexibility index (Phi) is 2.57. The van der Waals surface area contributed by atoms with E-state index in [1.54, 1.807) is 18.6 Å². The summed E-state index contributed by atoms with van der Waals surface area (Å²) in [7, 11) is 0. The number of hydrogen-bond donors (Lipinski definition) is 0. The molecule has 4 nitrogen and oxygen atoms in total. The fourth-order valence-corrected chi connectivity index (χ4v) is 2.79. The molecule has 4 aromatic rings. The van der Waals surface area contributed by atoms with Crippen molar-refractivity contribution in [3.8, 4) is 22.2 Å². The van der Waals surface area contributed by atoms with E-state index in [1.165, 1.54) is 11.3 Å². The van der Waals surface area contributed by atoms with Gasteiger partial charge in [0.2, 0.25) is 0 Å². The van der Waals surface area contributed by atoms with Crippen LogP contribution in [0.15, 0.2) is 58.7 Å². The smallest absolute Gasteiger partial charge is 0.154 e. The number of thiazole rings is 1. The first kappa shape index (κ1) is 11.3. The summed E-state index contributed by atoms with van der Waals surface area (Å²) in [5.74, 6) is 0.776. The standard InChI is InChI=1S/C15H9N3OS/c1-2-4-13-10(3-1)7-14(19-13)12-9-20-15(18-12)11-8-16-5-6-17-11/h1-9H. The van der Waals surface area contributed by atoms with E-state index in [0.29, 0.717) is 0 Å². The summed E-state index contributed by atoms with van der Waals surface area (Å²) >= 11 is 1.53. The molecule has 96 valence electrons. The monoisotopic (exact) mass is 279 g/mol. The first-order valence-corrected chi connectivity index (χ1v) is 6.99. The van der Waals surface area contributed by atoms with Gasteiger partial charge in [0.1, 0.15) is 22.0 Å². The van der Waals surface area contributed by atoms with E-state index in [0.717, 1.165) is 33.1 Å². The highest BCUT2D eigenvalue weighted by Gasteiger charge is 2.11. The van der Waals surface area contributed by atoms with E-state index >= 15 is 0 Å². The van der Waals surface area contributed by atoms with Crippen molar-refractivity contribution < 1.29 is 4.42 Å². The van der Waals surface area contributed by atoms with Gasteiger partial charge in [-0.3, -0.25) is 9.97 Å². The van der Waals surface area contributed by atoms with Crippen molar-refractivity contribution in [2.24, 2.45) is 0 Å². The van der Waals surface area contributed by atoms with Gasteiger partial charge in [-0.2, -0.15) is 0 Å². The van der Waals surface area contributed by atoms with Gasteiger partial charge in [0, 0.05) is 23.2 Å². The van der Waals surface area contributed by atoms with Crippen molar-refractivity contribution in [2.75, 3.05) is 0 Å². The normalized spacial score (nSPS) is 11.0. The lowest BCUT2D eigenvalue weighted by Crippen LogP contribution is -1.83. The average Bonchev–Trinajstić information content (AvgIpc) is 3.14. The first-order chi connectivity index (χ1) is 9.90. The lowest BCUT2D eigenvalue weighted by atomic mass is 10.2. The van der Waals surface area contributed by atoms with Crippen molar-refractivity contribution in [1.82, 2.24) is 15.0 Å². The molecule has 0 aliphatic heterocycles. The number of aromatic nitrogens is 3. The molecule has 0 saturated heterocycles. The van der Waals surface area contributed by atoms with Crippen LogP contribution in [0.5, 0.6) is 0 Å². The second-order valence-corrected chi connectivity index (χ2v) is 5.14. The Hall–Kier alpha value is -2.53. The molecule has 0 amide bonds. The second-order valence-electron chi connectivity index (χ2n) is 4.28. The molecule has 0 unspecified atom stereocenters. The third kappa shape index (κ3) is 1.88. The molecule has 4 rings (SSSR count). The van der Waals surface area contributed by atoms with Gasteiger partial charge in [-0.1, -0.05) is 18.2 Å². The maximum absolute atomic E-state index is 5.81. The zero-order valence-corrected chi connectivity index (χ0v) is 11.2. The van der Waals surface area contributed by atoms with Gasteiger partial charge >= 0.3 is 0 Å². The Morgan fingerprint density at radius 2 is 2.00 bits per heavy atom. The molecule has 1 aromatic carbocycles. The van der Waals surface area contributed by atoms with Crippen LogP contribution in [-0.2, 0) is 0 Å². The van der Waals surface area contributed by atoms with Crippen LogP contribution in [0.4, 0.5) is 0 Å². The summed E-state index contributed by atoms with van der Waals surface area (Å²) in [4.78, 5) is 12.9. The Labute approximate surface area is 118 Å². The van der Waals surface area contributed by atoms with Crippen molar-refractivity contribution in [3.05, 3.63) is 54.3 Å². The van der Waals surface area contributed by atoms with Crippen molar-refractivity contribution in [1.29, 1.82) is 0 Å². The van der Waals surface area contributed by atoms with Crippen LogP contribution >= 0.6 is 11.3 Å². The quantitative estimate of drug-likeness (QED) is 0.556. The number of furan rings is 1. The summed E-state index contributed by atoms with van der Waals surface area (Å²) in [6, 6.07) is 9.94. The molecule has 3 heterocycles. The van der Waals surface area contributed by atoms with Crippen LogP contribution < -0.4 is 0 Å². The molecule has 0 aliphatic carbocycles. The van der Waals surface area contributed by atoms with E-state index in [9.17, 15) is 0 Å². The molecular weight excluding hydrogens is 270 g/mol. The van der Waals surface area contributed by atoms with Crippen molar-refractivity contribution >= 4 is 22.3 Å². The molecule has 3 aromatic heterocycles. The molecule has 20 heavy (non-hydrogen) atoms. The molecule has 5 heteroatoms. The van der Waals surface area contributed by atoms with E-state index < -0.39 is 0 Å². The molecule has 0 atom stereocenters. The lowest BCUT2D eigenvalue weighted by Gasteiger charge is -1.92. The minimum Gasteiger partial charge on any atom is -0.454 e. The third-order valence-electron chi connectivity index (χ3n) is 2.96. The molecule has 0 aliphatic rings. The summed E-state index contributed by atoms with van der Waals surface area (Å²) in [6.07, 6.45) is 5.02. The van der Waals surface area contributed by atoms with Crippen molar-refractivity contribution in [2.45, 2.75) is 0 Å².